The first kappa shape index (κ1) is 18.2. The molecular weight excluding hydrogens is 336 g/mol. The summed E-state index contributed by atoms with van der Waals surface area (Å²) in [6.45, 7) is 3.18. The first-order valence-corrected chi connectivity index (χ1v) is 8.65. The van der Waals surface area contributed by atoms with E-state index in [-0.39, 0.29) is 24.8 Å². The predicted octanol–water partition coefficient (Wildman–Crippen LogP) is -0.215. The van der Waals surface area contributed by atoms with Crippen LogP contribution in [0.5, 0.6) is 0 Å². The third-order valence-corrected chi connectivity index (χ3v) is 4.81. The van der Waals surface area contributed by atoms with E-state index in [9.17, 15) is 19.2 Å². The zero-order valence-electron chi connectivity index (χ0n) is 14.8. The number of carbonyl (C=O) groups is 4. The van der Waals surface area contributed by atoms with Crippen molar-refractivity contribution in [1.29, 1.82) is 0 Å². The van der Waals surface area contributed by atoms with E-state index in [1.807, 2.05) is 14.0 Å². The van der Waals surface area contributed by atoms with E-state index in [1.54, 1.807) is 18.2 Å². The van der Waals surface area contributed by atoms with Crippen LogP contribution >= 0.6 is 0 Å². The van der Waals surface area contributed by atoms with Crippen molar-refractivity contribution in [2.75, 3.05) is 13.6 Å². The van der Waals surface area contributed by atoms with Gasteiger partial charge in [-0.05, 0) is 32.0 Å². The number of amides is 4. The summed E-state index contributed by atoms with van der Waals surface area (Å²) in [6, 6.07) is 4.46. The molecule has 4 amide bonds. The minimum Gasteiger partial charge on any atom is -0.316 e. The number of hydrogen-bond donors (Lipinski definition) is 3. The molecule has 2 aliphatic heterocycles. The smallest absolute Gasteiger partial charge is 0.262 e. The topological polar surface area (TPSA) is 108 Å². The van der Waals surface area contributed by atoms with Gasteiger partial charge in [-0.15, -0.1) is 0 Å². The molecule has 1 aromatic carbocycles. The van der Waals surface area contributed by atoms with Crippen molar-refractivity contribution in [2.45, 2.75) is 38.4 Å². The van der Waals surface area contributed by atoms with Gasteiger partial charge in [0.05, 0.1) is 11.1 Å². The molecular formula is C18H22N4O4. The normalized spacial score (nSPS) is 21.0. The molecule has 0 radical (unpaired) electrons. The number of likely N-dealkylation sites (N-methyl/N-ethyl adjacent to an activating group) is 1. The molecule has 138 valence electrons. The highest BCUT2D eigenvalue weighted by Crippen LogP contribution is 2.29. The van der Waals surface area contributed by atoms with Crippen LogP contribution in [0.1, 0.15) is 46.0 Å². The Morgan fingerprint density at radius 3 is 2.69 bits per heavy atom. The summed E-state index contributed by atoms with van der Waals surface area (Å²) in [5.74, 6) is -1.94. The second kappa shape index (κ2) is 7.35. The molecule has 3 rings (SSSR count). The molecule has 2 aliphatic rings. The zero-order valence-corrected chi connectivity index (χ0v) is 14.8. The van der Waals surface area contributed by atoms with E-state index in [0.717, 1.165) is 10.5 Å². The highest BCUT2D eigenvalue weighted by molar-refractivity contribution is 6.24. The minimum absolute atomic E-state index is 0.111. The standard InChI is InChI=1S/C18H22N4O4/c1-10(19-2)8-20-9-11-4-3-5-12-15(11)18(26)22(17(12)25)13-6-7-14(23)21-16(13)24/h3-5,10,13,19-20H,6-9H2,1-2H3,(H,21,23,24). The van der Waals surface area contributed by atoms with Crippen molar-refractivity contribution in [1.82, 2.24) is 20.9 Å². The Bertz CT molecular complexity index is 776. The molecule has 1 saturated heterocycles. The van der Waals surface area contributed by atoms with Crippen LogP contribution < -0.4 is 16.0 Å². The Labute approximate surface area is 151 Å². The van der Waals surface area contributed by atoms with Crippen LogP contribution in [0.3, 0.4) is 0 Å². The van der Waals surface area contributed by atoms with E-state index in [2.05, 4.69) is 16.0 Å². The Hall–Kier alpha value is -2.58. The SMILES string of the molecule is CNC(C)CNCc1cccc2c1C(=O)N(C1CCC(=O)NC1=O)C2=O. The third-order valence-electron chi connectivity index (χ3n) is 4.81. The molecule has 2 heterocycles. The predicted molar refractivity (Wildman–Crippen MR) is 93.3 cm³/mol. The maximum Gasteiger partial charge on any atom is 0.262 e. The summed E-state index contributed by atoms with van der Waals surface area (Å²) < 4.78 is 0. The lowest BCUT2D eigenvalue weighted by molar-refractivity contribution is -0.136. The second-order valence-electron chi connectivity index (χ2n) is 6.61. The summed E-state index contributed by atoms with van der Waals surface area (Å²) in [6.07, 6.45) is 0.267. The Morgan fingerprint density at radius 1 is 1.23 bits per heavy atom. The summed E-state index contributed by atoms with van der Waals surface area (Å²) in [5.41, 5.74) is 1.37. The van der Waals surface area contributed by atoms with Gasteiger partial charge in [-0.2, -0.15) is 0 Å². The van der Waals surface area contributed by atoms with Crippen molar-refractivity contribution < 1.29 is 19.2 Å². The van der Waals surface area contributed by atoms with Crippen LogP contribution in [0, 0.1) is 0 Å². The van der Waals surface area contributed by atoms with Crippen LogP contribution in [0.4, 0.5) is 0 Å². The van der Waals surface area contributed by atoms with Crippen molar-refractivity contribution in [3.05, 3.63) is 34.9 Å². The van der Waals surface area contributed by atoms with Crippen LogP contribution in [0.2, 0.25) is 0 Å². The summed E-state index contributed by atoms with van der Waals surface area (Å²) >= 11 is 0. The van der Waals surface area contributed by atoms with Gasteiger partial charge in [0.25, 0.3) is 11.8 Å². The second-order valence-corrected chi connectivity index (χ2v) is 6.61. The molecule has 0 aliphatic carbocycles. The molecule has 8 heteroatoms. The van der Waals surface area contributed by atoms with Crippen LogP contribution in [0.25, 0.3) is 0 Å². The molecule has 0 bridgehead atoms. The van der Waals surface area contributed by atoms with Crippen molar-refractivity contribution in [3.63, 3.8) is 0 Å². The summed E-state index contributed by atoms with van der Waals surface area (Å²) in [5, 5.41) is 8.57. The fourth-order valence-corrected chi connectivity index (χ4v) is 3.26. The summed E-state index contributed by atoms with van der Waals surface area (Å²) in [7, 11) is 1.87. The molecule has 2 atom stereocenters. The number of benzene rings is 1. The Balaban J connectivity index is 1.82. The minimum atomic E-state index is -0.940. The molecule has 26 heavy (non-hydrogen) atoms. The van der Waals surface area contributed by atoms with Gasteiger partial charge >= 0.3 is 0 Å². The maximum absolute atomic E-state index is 12.9. The molecule has 3 N–H and O–H groups in total. The van der Waals surface area contributed by atoms with Crippen LogP contribution in [0.15, 0.2) is 18.2 Å². The number of piperidine rings is 1. The van der Waals surface area contributed by atoms with Gasteiger partial charge in [-0.3, -0.25) is 29.4 Å². The lowest BCUT2D eigenvalue weighted by atomic mass is 10.0. The Kier molecular flexibility index (Phi) is 5.15. The quantitative estimate of drug-likeness (QED) is 0.607. The number of nitrogens with zero attached hydrogens (tertiary/aromatic N) is 1. The first-order chi connectivity index (χ1) is 12.4. The van der Waals surface area contributed by atoms with Gasteiger partial charge in [0.1, 0.15) is 6.04 Å². The van der Waals surface area contributed by atoms with Crippen molar-refractivity contribution >= 4 is 23.6 Å². The number of imide groups is 2. The molecule has 1 fully saturated rings. The number of nitrogens with one attached hydrogen (secondary N) is 3. The van der Waals surface area contributed by atoms with E-state index in [1.165, 1.54) is 0 Å². The van der Waals surface area contributed by atoms with E-state index in [0.29, 0.717) is 24.2 Å². The molecule has 2 unspecified atom stereocenters. The molecule has 0 spiro atoms. The molecule has 1 aromatic rings. The van der Waals surface area contributed by atoms with E-state index < -0.39 is 23.8 Å². The van der Waals surface area contributed by atoms with Crippen molar-refractivity contribution in [2.24, 2.45) is 0 Å². The fraction of sp³-hybridized carbons (Fsp3) is 0.444. The molecule has 0 aromatic heterocycles. The number of fused-ring (bicyclic) bond motifs is 1. The van der Waals surface area contributed by atoms with Gasteiger partial charge < -0.3 is 10.6 Å². The fourth-order valence-electron chi connectivity index (χ4n) is 3.26. The Morgan fingerprint density at radius 2 is 2.00 bits per heavy atom. The van der Waals surface area contributed by atoms with Crippen molar-refractivity contribution in [3.8, 4) is 0 Å². The van der Waals surface area contributed by atoms with Gasteiger partial charge in [-0.1, -0.05) is 12.1 Å². The van der Waals surface area contributed by atoms with E-state index >= 15 is 0 Å². The van der Waals surface area contributed by atoms with E-state index in [4.69, 9.17) is 0 Å². The monoisotopic (exact) mass is 358 g/mol. The molecule has 8 nitrogen and oxygen atoms in total. The maximum atomic E-state index is 12.9. The van der Waals surface area contributed by atoms with Crippen LogP contribution in [-0.4, -0.2) is 54.2 Å². The molecule has 0 saturated carbocycles. The van der Waals surface area contributed by atoms with Gasteiger partial charge in [0.2, 0.25) is 11.8 Å². The van der Waals surface area contributed by atoms with Gasteiger partial charge in [0, 0.05) is 25.6 Å². The first-order valence-electron chi connectivity index (χ1n) is 8.65. The average Bonchev–Trinajstić information content (AvgIpc) is 2.87. The third kappa shape index (κ3) is 3.25. The lowest BCUT2D eigenvalue weighted by Gasteiger charge is -2.27. The lowest BCUT2D eigenvalue weighted by Crippen LogP contribution is -2.54. The van der Waals surface area contributed by atoms with Gasteiger partial charge in [0.15, 0.2) is 0 Å². The number of hydrogen-bond acceptors (Lipinski definition) is 6. The summed E-state index contributed by atoms with van der Waals surface area (Å²) in [4.78, 5) is 50.1. The largest absolute Gasteiger partial charge is 0.316 e. The van der Waals surface area contributed by atoms with Crippen LogP contribution in [-0.2, 0) is 16.1 Å². The highest BCUT2D eigenvalue weighted by Gasteiger charge is 2.45. The average molecular weight is 358 g/mol. The van der Waals surface area contributed by atoms with Gasteiger partial charge in [-0.25, -0.2) is 0 Å². The number of carbonyl (C=O) groups excluding carboxylic acids is 4. The number of rotatable bonds is 6. The zero-order chi connectivity index (χ0) is 18.8. The highest BCUT2D eigenvalue weighted by atomic mass is 16.2.